The molecular weight excluding hydrogens is 606 g/mol. The van der Waals surface area contributed by atoms with Gasteiger partial charge in [0.25, 0.3) is 11.8 Å². The van der Waals surface area contributed by atoms with E-state index in [0.717, 1.165) is 0 Å². The lowest BCUT2D eigenvalue weighted by Gasteiger charge is -2.18. The normalized spacial score (nSPS) is 10.6. The molecule has 13 heteroatoms. The molecule has 0 aromatic heterocycles. The van der Waals surface area contributed by atoms with Gasteiger partial charge in [0.15, 0.2) is 19.0 Å². The lowest BCUT2D eigenvalue weighted by molar-refractivity contribution is -0.129. The number of nitrogens with one attached hydrogen (secondary N) is 2. The van der Waals surface area contributed by atoms with Crippen molar-refractivity contribution >= 4 is 41.3 Å². The molecule has 2 amide bonds. The van der Waals surface area contributed by atoms with E-state index in [1.165, 1.54) is 54.6 Å². The third-order valence-electron chi connectivity index (χ3n) is 6.62. The van der Waals surface area contributed by atoms with E-state index in [1.807, 2.05) is 12.1 Å². The van der Waals surface area contributed by atoms with Crippen molar-refractivity contribution in [1.82, 2.24) is 10.6 Å². The molecule has 3 aromatic carbocycles. The zero-order chi connectivity index (χ0) is 34.0. The fraction of sp³-hybridized carbons (Fsp3) is 0.235. The van der Waals surface area contributed by atoms with Crippen LogP contribution in [0.1, 0.15) is 56.7 Å². The molecule has 0 aliphatic heterocycles. The third-order valence-corrected chi connectivity index (χ3v) is 6.62. The Bertz CT molecular complexity index is 1720. The van der Waals surface area contributed by atoms with Gasteiger partial charge in [-0.1, -0.05) is 12.1 Å². The van der Waals surface area contributed by atoms with Gasteiger partial charge in [0, 0.05) is 13.0 Å². The fourth-order valence-corrected chi connectivity index (χ4v) is 4.16. The predicted octanol–water partition coefficient (Wildman–Crippen LogP) is 2.99. The minimum absolute atomic E-state index is 0.0393. The standard InChI is InChI=1S/C34H29N5O8/c35-18-24-4-10-26(11-5-24)33(44)46-20-31(42)37-16-2-1-3-29(30(41)17-23-8-14-28(15-9-23)38-22-40)39-32(43)21-47-34(45)27-12-6-25(19-36)7-13-27/h4-15,29H,1-3,16-17,20-21H2,(H,37,42)(H,39,43). The van der Waals surface area contributed by atoms with Crippen molar-refractivity contribution in [3.8, 4) is 12.1 Å². The van der Waals surface area contributed by atoms with E-state index < -0.39 is 43.0 Å². The summed E-state index contributed by atoms with van der Waals surface area (Å²) in [6.07, 6.45) is 2.46. The van der Waals surface area contributed by atoms with Gasteiger partial charge in [-0.25, -0.2) is 14.4 Å². The maximum atomic E-state index is 13.2. The number of esters is 2. The molecule has 0 aliphatic carbocycles. The van der Waals surface area contributed by atoms with Gasteiger partial charge in [0.1, 0.15) is 0 Å². The quantitative estimate of drug-likeness (QED) is 0.102. The van der Waals surface area contributed by atoms with Gasteiger partial charge in [-0.05, 0) is 85.5 Å². The lowest BCUT2D eigenvalue weighted by Crippen LogP contribution is -2.43. The van der Waals surface area contributed by atoms with E-state index >= 15 is 0 Å². The molecule has 0 bridgehead atoms. The molecule has 238 valence electrons. The van der Waals surface area contributed by atoms with Crippen molar-refractivity contribution in [2.24, 2.45) is 4.99 Å². The third kappa shape index (κ3) is 11.9. The molecule has 1 atom stereocenters. The largest absolute Gasteiger partial charge is 0.452 e. The van der Waals surface area contributed by atoms with Crippen LogP contribution in [-0.4, -0.2) is 61.4 Å². The van der Waals surface area contributed by atoms with Crippen LogP contribution in [0.4, 0.5) is 5.69 Å². The summed E-state index contributed by atoms with van der Waals surface area (Å²) in [4.78, 5) is 76.4. The average molecular weight is 636 g/mol. The van der Waals surface area contributed by atoms with Crippen molar-refractivity contribution in [1.29, 1.82) is 10.5 Å². The molecule has 47 heavy (non-hydrogen) atoms. The van der Waals surface area contributed by atoms with Crippen LogP contribution in [0.25, 0.3) is 0 Å². The highest BCUT2D eigenvalue weighted by Crippen LogP contribution is 2.14. The monoisotopic (exact) mass is 635 g/mol. The molecule has 1 unspecified atom stereocenters. The number of Topliss-reactive ketones (excluding diaryl/α,β-unsaturated/α-hetero) is 1. The Labute approximate surface area is 269 Å². The Morgan fingerprint density at radius 2 is 1.26 bits per heavy atom. The number of ketones is 1. The lowest BCUT2D eigenvalue weighted by atomic mass is 9.99. The average Bonchev–Trinajstić information content (AvgIpc) is 3.09. The fourth-order valence-electron chi connectivity index (χ4n) is 4.16. The van der Waals surface area contributed by atoms with Gasteiger partial charge in [-0.2, -0.15) is 15.5 Å². The second kappa shape index (κ2) is 18.4. The Morgan fingerprint density at radius 1 is 0.723 bits per heavy atom. The van der Waals surface area contributed by atoms with Crippen LogP contribution < -0.4 is 10.6 Å². The van der Waals surface area contributed by atoms with Crippen LogP contribution in [0, 0.1) is 22.7 Å². The van der Waals surface area contributed by atoms with Gasteiger partial charge in [0.2, 0.25) is 6.08 Å². The SMILES string of the molecule is N#Cc1ccc(C(=O)OCC(=O)NCCCCC(NC(=O)COC(=O)c2ccc(C#N)cc2)C(=O)Cc2ccc(N=C=O)cc2)cc1. The van der Waals surface area contributed by atoms with E-state index in [9.17, 15) is 28.8 Å². The van der Waals surface area contributed by atoms with Gasteiger partial charge < -0.3 is 20.1 Å². The molecule has 0 radical (unpaired) electrons. The number of rotatable bonds is 16. The number of unbranched alkanes of at least 4 members (excludes halogenated alkanes) is 1. The van der Waals surface area contributed by atoms with Crippen LogP contribution in [0.15, 0.2) is 77.8 Å². The highest BCUT2D eigenvalue weighted by molar-refractivity contribution is 5.94. The van der Waals surface area contributed by atoms with Crippen molar-refractivity contribution in [2.75, 3.05) is 19.8 Å². The van der Waals surface area contributed by atoms with Crippen LogP contribution >= 0.6 is 0 Å². The summed E-state index contributed by atoms with van der Waals surface area (Å²) in [6, 6.07) is 20.7. The Morgan fingerprint density at radius 3 is 1.77 bits per heavy atom. The highest BCUT2D eigenvalue weighted by atomic mass is 16.5. The number of hydrogen-bond acceptors (Lipinski definition) is 11. The summed E-state index contributed by atoms with van der Waals surface area (Å²) in [5, 5.41) is 23.0. The van der Waals surface area contributed by atoms with E-state index in [-0.39, 0.29) is 36.3 Å². The van der Waals surface area contributed by atoms with Gasteiger partial charge >= 0.3 is 11.9 Å². The summed E-state index contributed by atoms with van der Waals surface area (Å²) in [6.45, 7) is -0.935. The van der Waals surface area contributed by atoms with Crippen LogP contribution in [0.2, 0.25) is 0 Å². The number of nitriles is 2. The van der Waals surface area contributed by atoms with Crippen LogP contribution in [-0.2, 0) is 35.1 Å². The van der Waals surface area contributed by atoms with E-state index in [2.05, 4.69) is 15.6 Å². The first-order valence-electron chi connectivity index (χ1n) is 14.3. The summed E-state index contributed by atoms with van der Waals surface area (Å²) in [5.41, 5.74) is 2.08. The predicted molar refractivity (Wildman–Crippen MR) is 165 cm³/mol. The zero-order valence-corrected chi connectivity index (χ0v) is 25.1. The molecule has 0 saturated heterocycles. The second-order valence-electron chi connectivity index (χ2n) is 10.0. The Hall–Kier alpha value is -6.43. The Balaban J connectivity index is 1.49. The number of amides is 2. The first kappa shape index (κ1) is 35.1. The zero-order valence-electron chi connectivity index (χ0n) is 25.1. The molecule has 0 spiro atoms. The molecular formula is C34H29N5O8. The molecule has 0 saturated carbocycles. The number of carbonyl (C=O) groups excluding carboxylic acids is 6. The van der Waals surface area contributed by atoms with Crippen LogP contribution in [0.5, 0.6) is 0 Å². The van der Waals surface area contributed by atoms with Crippen molar-refractivity contribution in [2.45, 2.75) is 31.7 Å². The number of carbonyl (C=O) groups is 5. The molecule has 3 aromatic rings. The summed E-state index contributed by atoms with van der Waals surface area (Å²) in [5.74, 6) is -3.03. The highest BCUT2D eigenvalue weighted by Gasteiger charge is 2.22. The van der Waals surface area contributed by atoms with Crippen molar-refractivity contribution < 1.29 is 38.2 Å². The summed E-state index contributed by atoms with van der Waals surface area (Å²) in [7, 11) is 0. The number of hydrogen-bond donors (Lipinski definition) is 2. The maximum Gasteiger partial charge on any atom is 0.338 e. The second-order valence-corrected chi connectivity index (χ2v) is 10.0. The van der Waals surface area contributed by atoms with Gasteiger partial charge in [0.05, 0.1) is 46.1 Å². The van der Waals surface area contributed by atoms with E-state index in [0.29, 0.717) is 35.2 Å². The number of nitrogens with zero attached hydrogens (tertiary/aromatic N) is 3. The molecule has 13 nitrogen and oxygen atoms in total. The minimum atomic E-state index is -0.937. The van der Waals surface area contributed by atoms with Crippen molar-refractivity contribution in [3.05, 3.63) is 101 Å². The van der Waals surface area contributed by atoms with E-state index in [1.54, 1.807) is 24.3 Å². The molecule has 0 aliphatic rings. The topological polar surface area (TPSA) is 205 Å². The number of isocyanates is 1. The first-order valence-corrected chi connectivity index (χ1v) is 14.3. The molecule has 2 N–H and O–H groups in total. The van der Waals surface area contributed by atoms with Gasteiger partial charge in [-0.15, -0.1) is 0 Å². The minimum Gasteiger partial charge on any atom is -0.452 e. The van der Waals surface area contributed by atoms with Crippen LogP contribution in [0.3, 0.4) is 0 Å². The molecule has 3 rings (SSSR count). The van der Waals surface area contributed by atoms with E-state index in [4.69, 9.17) is 20.0 Å². The smallest absolute Gasteiger partial charge is 0.338 e. The first-order chi connectivity index (χ1) is 22.7. The van der Waals surface area contributed by atoms with Crippen molar-refractivity contribution in [3.63, 3.8) is 0 Å². The van der Waals surface area contributed by atoms with Gasteiger partial charge in [-0.3, -0.25) is 14.4 Å². The number of benzene rings is 3. The summed E-state index contributed by atoms with van der Waals surface area (Å²) < 4.78 is 10.1. The maximum absolute atomic E-state index is 13.2. The summed E-state index contributed by atoms with van der Waals surface area (Å²) >= 11 is 0. The number of ether oxygens (including phenoxy) is 2. The molecule has 0 heterocycles. The molecule has 0 fully saturated rings. The number of aliphatic imine (C=N–C) groups is 1. The Kier molecular flexibility index (Phi) is 13.7.